The number of methoxy groups -OCH3 is 1. The molecule has 8 nitrogen and oxygen atoms in total. The molecule has 164 valence electrons. The minimum atomic E-state index is -0.328. The van der Waals surface area contributed by atoms with Crippen molar-refractivity contribution in [2.45, 2.75) is 19.8 Å². The van der Waals surface area contributed by atoms with Crippen molar-refractivity contribution in [3.8, 4) is 11.5 Å². The summed E-state index contributed by atoms with van der Waals surface area (Å²) in [7, 11) is 1.55. The van der Waals surface area contributed by atoms with Gasteiger partial charge in [0.15, 0.2) is 18.1 Å². The van der Waals surface area contributed by atoms with Gasteiger partial charge in [0.1, 0.15) is 0 Å². The molecular weight excluding hydrogens is 398 g/mol. The van der Waals surface area contributed by atoms with Crippen LogP contribution in [0.4, 0.5) is 5.69 Å². The molecule has 1 saturated carbocycles. The molecule has 1 aliphatic rings. The fourth-order valence-electron chi connectivity index (χ4n) is 2.89. The van der Waals surface area contributed by atoms with Crippen LogP contribution in [0, 0.1) is 12.8 Å². The topological polar surface area (TPSA) is 106 Å². The van der Waals surface area contributed by atoms with Crippen LogP contribution in [0.3, 0.4) is 0 Å². The normalized spacial score (nSPS) is 12.6. The van der Waals surface area contributed by atoms with E-state index in [1.807, 2.05) is 19.1 Å². The Labute approximate surface area is 181 Å². The molecule has 2 aromatic carbocycles. The average molecular weight is 425 g/mol. The van der Waals surface area contributed by atoms with Crippen molar-refractivity contribution in [2.24, 2.45) is 5.92 Å². The van der Waals surface area contributed by atoms with Crippen LogP contribution in [0.1, 0.15) is 28.8 Å². The molecule has 31 heavy (non-hydrogen) atoms. The van der Waals surface area contributed by atoms with E-state index in [4.69, 9.17) is 9.47 Å². The molecule has 1 fully saturated rings. The lowest BCUT2D eigenvalue weighted by molar-refractivity contribution is -0.122. The van der Waals surface area contributed by atoms with Gasteiger partial charge in [-0.05, 0) is 61.7 Å². The largest absolute Gasteiger partial charge is 0.493 e. The van der Waals surface area contributed by atoms with E-state index >= 15 is 0 Å². The molecule has 0 saturated heterocycles. The van der Waals surface area contributed by atoms with Crippen LogP contribution < -0.4 is 25.4 Å². The van der Waals surface area contributed by atoms with E-state index in [2.05, 4.69) is 16.0 Å². The van der Waals surface area contributed by atoms with Gasteiger partial charge in [0.2, 0.25) is 5.91 Å². The summed E-state index contributed by atoms with van der Waals surface area (Å²) < 4.78 is 10.8. The fraction of sp³-hybridized carbons (Fsp3) is 0.348. The number of hydrogen-bond acceptors (Lipinski definition) is 5. The van der Waals surface area contributed by atoms with Crippen molar-refractivity contribution in [1.82, 2.24) is 10.6 Å². The van der Waals surface area contributed by atoms with Crippen molar-refractivity contribution in [3.05, 3.63) is 53.6 Å². The Hall–Kier alpha value is -3.55. The summed E-state index contributed by atoms with van der Waals surface area (Å²) in [5, 5.41) is 8.27. The van der Waals surface area contributed by atoms with Crippen LogP contribution in [0.15, 0.2) is 42.5 Å². The second kappa shape index (κ2) is 10.5. The van der Waals surface area contributed by atoms with Crippen molar-refractivity contribution in [2.75, 3.05) is 32.1 Å². The molecule has 0 aliphatic heterocycles. The number of benzene rings is 2. The van der Waals surface area contributed by atoms with Gasteiger partial charge in [-0.3, -0.25) is 14.4 Å². The first kappa shape index (κ1) is 22.1. The highest BCUT2D eigenvalue weighted by molar-refractivity contribution is 5.96. The Morgan fingerprint density at radius 3 is 2.35 bits per heavy atom. The minimum Gasteiger partial charge on any atom is -0.493 e. The third kappa shape index (κ3) is 6.74. The van der Waals surface area contributed by atoms with Crippen LogP contribution in [-0.4, -0.2) is 44.5 Å². The van der Waals surface area contributed by atoms with E-state index in [1.165, 1.54) is 0 Å². The standard InChI is InChI=1S/C23H27N3O5/c1-15-3-10-19(20(13-15)30-2)31-14-21(27)26-18-8-6-17(7-9-18)23(29)25-12-11-24-22(28)16-4-5-16/h3,6-10,13,16H,4-5,11-12,14H2,1-2H3,(H,24,28)(H,25,29)(H,26,27). The minimum absolute atomic E-state index is 0.0548. The Balaban J connectivity index is 1.41. The van der Waals surface area contributed by atoms with E-state index < -0.39 is 0 Å². The van der Waals surface area contributed by atoms with Gasteiger partial charge in [0.25, 0.3) is 11.8 Å². The average Bonchev–Trinajstić information content (AvgIpc) is 3.61. The molecule has 0 spiro atoms. The van der Waals surface area contributed by atoms with E-state index in [9.17, 15) is 14.4 Å². The van der Waals surface area contributed by atoms with E-state index in [0.29, 0.717) is 35.8 Å². The van der Waals surface area contributed by atoms with Gasteiger partial charge >= 0.3 is 0 Å². The summed E-state index contributed by atoms with van der Waals surface area (Å²) in [6, 6.07) is 12.0. The van der Waals surface area contributed by atoms with Gasteiger partial charge in [0.05, 0.1) is 7.11 Å². The molecule has 0 heterocycles. The van der Waals surface area contributed by atoms with E-state index in [-0.39, 0.29) is 30.2 Å². The van der Waals surface area contributed by atoms with Gasteiger partial charge in [-0.2, -0.15) is 0 Å². The Morgan fingerprint density at radius 2 is 1.68 bits per heavy atom. The molecule has 0 unspecified atom stereocenters. The lowest BCUT2D eigenvalue weighted by Gasteiger charge is -2.12. The van der Waals surface area contributed by atoms with E-state index in [0.717, 1.165) is 18.4 Å². The molecule has 8 heteroatoms. The second-order valence-corrected chi connectivity index (χ2v) is 7.39. The van der Waals surface area contributed by atoms with Crippen LogP contribution >= 0.6 is 0 Å². The highest BCUT2D eigenvalue weighted by Gasteiger charge is 2.29. The number of rotatable bonds is 10. The predicted molar refractivity (Wildman–Crippen MR) is 116 cm³/mol. The summed E-state index contributed by atoms with van der Waals surface area (Å²) in [6.07, 6.45) is 1.90. The lowest BCUT2D eigenvalue weighted by atomic mass is 10.2. The van der Waals surface area contributed by atoms with Crippen molar-refractivity contribution < 1.29 is 23.9 Å². The number of hydrogen-bond donors (Lipinski definition) is 3. The number of carbonyl (C=O) groups is 3. The molecule has 3 N–H and O–H groups in total. The number of amides is 3. The monoisotopic (exact) mass is 425 g/mol. The molecule has 0 radical (unpaired) electrons. The molecule has 0 atom stereocenters. The predicted octanol–water partition coefficient (Wildman–Crippen LogP) is 2.28. The van der Waals surface area contributed by atoms with Crippen molar-refractivity contribution in [1.29, 1.82) is 0 Å². The fourth-order valence-corrected chi connectivity index (χ4v) is 2.89. The maximum Gasteiger partial charge on any atom is 0.262 e. The molecule has 0 aromatic heterocycles. The van der Waals surface area contributed by atoms with Crippen LogP contribution in [0.5, 0.6) is 11.5 Å². The first-order valence-corrected chi connectivity index (χ1v) is 10.2. The lowest BCUT2D eigenvalue weighted by Crippen LogP contribution is -2.35. The van der Waals surface area contributed by atoms with Crippen molar-refractivity contribution >= 4 is 23.4 Å². The molecular formula is C23H27N3O5. The van der Waals surface area contributed by atoms with Crippen molar-refractivity contribution in [3.63, 3.8) is 0 Å². The zero-order valence-electron chi connectivity index (χ0n) is 17.7. The van der Waals surface area contributed by atoms with Gasteiger partial charge in [0, 0.05) is 30.3 Å². The highest BCUT2D eigenvalue weighted by Crippen LogP contribution is 2.28. The molecule has 3 amide bonds. The smallest absolute Gasteiger partial charge is 0.262 e. The Kier molecular flexibility index (Phi) is 7.48. The molecule has 0 bridgehead atoms. The van der Waals surface area contributed by atoms with Gasteiger partial charge in [-0.1, -0.05) is 6.07 Å². The van der Waals surface area contributed by atoms with Gasteiger partial charge in [-0.25, -0.2) is 0 Å². The number of anilines is 1. The number of aryl methyl sites for hydroxylation is 1. The van der Waals surface area contributed by atoms with Crippen LogP contribution in [-0.2, 0) is 9.59 Å². The third-order valence-corrected chi connectivity index (χ3v) is 4.77. The number of nitrogens with one attached hydrogen (secondary N) is 3. The maximum absolute atomic E-state index is 12.2. The third-order valence-electron chi connectivity index (χ3n) is 4.77. The number of ether oxygens (including phenoxy) is 2. The zero-order valence-corrected chi connectivity index (χ0v) is 17.7. The summed E-state index contributed by atoms with van der Waals surface area (Å²) in [5.41, 5.74) is 2.05. The highest BCUT2D eigenvalue weighted by atomic mass is 16.5. The van der Waals surface area contributed by atoms with E-state index in [1.54, 1.807) is 37.4 Å². The first-order chi connectivity index (χ1) is 15.0. The summed E-state index contributed by atoms with van der Waals surface area (Å²) in [6.45, 7) is 2.53. The SMILES string of the molecule is COc1cc(C)ccc1OCC(=O)Nc1ccc(C(=O)NCCNC(=O)C2CC2)cc1. The Bertz CT molecular complexity index is 939. The summed E-state index contributed by atoms with van der Waals surface area (Å²) in [5.74, 6) is 0.695. The van der Waals surface area contributed by atoms with Crippen LogP contribution in [0.25, 0.3) is 0 Å². The maximum atomic E-state index is 12.2. The molecule has 2 aromatic rings. The van der Waals surface area contributed by atoms with Crippen LogP contribution in [0.2, 0.25) is 0 Å². The summed E-state index contributed by atoms with van der Waals surface area (Å²) >= 11 is 0. The first-order valence-electron chi connectivity index (χ1n) is 10.2. The Morgan fingerprint density at radius 1 is 0.968 bits per heavy atom. The molecule has 1 aliphatic carbocycles. The number of carbonyl (C=O) groups excluding carboxylic acids is 3. The second-order valence-electron chi connectivity index (χ2n) is 7.39. The summed E-state index contributed by atoms with van der Waals surface area (Å²) in [4.78, 5) is 35.9. The molecule has 3 rings (SSSR count). The van der Waals surface area contributed by atoms with Gasteiger partial charge < -0.3 is 25.4 Å². The zero-order chi connectivity index (χ0) is 22.2. The quantitative estimate of drug-likeness (QED) is 0.507. The van der Waals surface area contributed by atoms with Gasteiger partial charge in [-0.15, -0.1) is 0 Å².